The molecule has 0 aromatic carbocycles. The Bertz CT molecular complexity index is 216. The number of rotatable bonds is 5. The van der Waals surface area contributed by atoms with Crippen LogP contribution in [0.4, 0.5) is 0 Å². The van der Waals surface area contributed by atoms with Crippen LogP contribution in [-0.2, 0) is 0 Å². The van der Waals surface area contributed by atoms with E-state index in [1.807, 2.05) is 0 Å². The number of nitrogens with one attached hydrogen (secondary N) is 1. The zero-order chi connectivity index (χ0) is 11.8. The molecule has 0 aliphatic heterocycles. The summed E-state index contributed by atoms with van der Waals surface area (Å²) in [5, 5.41) is 3.66. The SMILES string of the molecule is C#CC(CCC)NC1CCCC(CC)CC1. The highest BCUT2D eigenvalue weighted by Crippen LogP contribution is 2.25. The van der Waals surface area contributed by atoms with Crippen molar-refractivity contribution >= 4 is 0 Å². The Balaban J connectivity index is 2.34. The van der Waals surface area contributed by atoms with Crippen LogP contribution in [0.25, 0.3) is 0 Å². The van der Waals surface area contributed by atoms with Crippen molar-refractivity contribution < 1.29 is 0 Å². The zero-order valence-electron chi connectivity index (χ0n) is 11.0. The lowest BCUT2D eigenvalue weighted by molar-refractivity contribution is 0.404. The van der Waals surface area contributed by atoms with E-state index >= 15 is 0 Å². The van der Waals surface area contributed by atoms with Gasteiger partial charge in [0.1, 0.15) is 0 Å². The molecule has 0 saturated heterocycles. The molecule has 1 nitrogen and oxygen atoms in total. The molecule has 0 spiro atoms. The molecule has 0 bridgehead atoms. The molecule has 1 heteroatoms. The Morgan fingerprint density at radius 2 is 2.06 bits per heavy atom. The Kier molecular flexibility index (Phi) is 6.57. The molecule has 0 aromatic heterocycles. The first-order valence-electron chi connectivity index (χ1n) is 7.02. The summed E-state index contributed by atoms with van der Waals surface area (Å²) in [6.45, 7) is 4.52. The van der Waals surface area contributed by atoms with E-state index in [1.165, 1.54) is 44.9 Å². The van der Waals surface area contributed by atoms with E-state index in [-0.39, 0.29) is 0 Å². The molecule has 1 fully saturated rings. The van der Waals surface area contributed by atoms with E-state index in [2.05, 4.69) is 25.1 Å². The second-order valence-electron chi connectivity index (χ2n) is 5.15. The van der Waals surface area contributed by atoms with Crippen LogP contribution in [0.2, 0.25) is 0 Å². The average molecular weight is 221 g/mol. The van der Waals surface area contributed by atoms with Crippen LogP contribution in [0.3, 0.4) is 0 Å². The zero-order valence-corrected chi connectivity index (χ0v) is 11.0. The van der Waals surface area contributed by atoms with E-state index in [4.69, 9.17) is 6.42 Å². The number of terminal acetylenes is 1. The molecule has 1 aliphatic rings. The van der Waals surface area contributed by atoms with Crippen LogP contribution < -0.4 is 5.32 Å². The van der Waals surface area contributed by atoms with Crippen LogP contribution in [0.5, 0.6) is 0 Å². The Morgan fingerprint density at radius 3 is 2.69 bits per heavy atom. The molecule has 1 saturated carbocycles. The fourth-order valence-electron chi connectivity index (χ4n) is 2.74. The van der Waals surface area contributed by atoms with Crippen molar-refractivity contribution in [3.05, 3.63) is 0 Å². The van der Waals surface area contributed by atoms with Crippen LogP contribution in [0.1, 0.15) is 65.2 Å². The second kappa shape index (κ2) is 7.74. The van der Waals surface area contributed by atoms with Gasteiger partial charge in [-0.2, -0.15) is 0 Å². The van der Waals surface area contributed by atoms with Crippen LogP contribution >= 0.6 is 0 Å². The van der Waals surface area contributed by atoms with Gasteiger partial charge in [0, 0.05) is 6.04 Å². The van der Waals surface area contributed by atoms with Crippen molar-refractivity contribution in [2.75, 3.05) is 0 Å². The van der Waals surface area contributed by atoms with Crippen molar-refractivity contribution in [2.45, 2.75) is 77.3 Å². The molecule has 1 aliphatic carbocycles. The standard InChI is InChI=1S/C15H27N/c1-4-8-14(6-3)16-15-10-7-9-13(5-2)11-12-15/h3,13-16H,4-5,7-12H2,1-2H3. The number of hydrogen-bond acceptors (Lipinski definition) is 1. The van der Waals surface area contributed by atoms with Crippen molar-refractivity contribution in [1.82, 2.24) is 5.32 Å². The summed E-state index contributed by atoms with van der Waals surface area (Å²) >= 11 is 0. The van der Waals surface area contributed by atoms with Gasteiger partial charge in [-0.25, -0.2) is 0 Å². The predicted octanol–water partition coefficient (Wildman–Crippen LogP) is 3.74. The minimum Gasteiger partial charge on any atom is -0.301 e. The fourth-order valence-corrected chi connectivity index (χ4v) is 2.74. The van der Waals surface area contributed by atoms with E-state index < -0.39 is 0 Å². The lowest BCUT2D eigenvalue weighted by Gasteiger charge is -2.21. The topological polar surface area (TPSA) is 12.0 Å². The summed E-state index contributed by atoms with van der Waals surface area (Å²) in [5.74, 6) is 3.85. The normalized spacial score (nSPS) is 28.1. The van der Waals surface area contributed by atoms with Gasteiger partial charge in [-0.1, -0.05) is 45.5 Å². The average Bonchev–Trinajstić information content (AvgIpc) is 2.53. The third kappa shape index (κ3) is 4.58. The van der Waals surface area contributed by atoms with Gasteiger partial charge >= 0.3 is 0 Å². The first-order chi connectivity index (χ1) is 7.80. The van der Waals surface area contributed by atoms with Gasteiger partial charge in [0.05, 0.1) is 6.04 Å². The van der Waals surface area contributed by atoms with E-state index in [0.29, 0.717) is 12.1 Å². The summed E-state index contributed by atoms with van der Waals surface area (Å²) in [6.07, 6.45) is 16.0. The largest absolute Gasteiger partial charge is 0.301 e. The van der Waals surface area contributed by atoms with E-state index in [1.54, 1.807) is 0 Å². The molecular formula is C15H27N. The molecule has 0 aromatic rings. The Morgan fingerprint density at radius 1 is 1.25 bits per heavy atom. The highest BCUT2D eigenvalue weighted by atomic mass is 14.9. The molecular weight excluding hydrogens is 194 g/mol. The molecule has 92 valence electrons. The summed E-state index contributed by atoms with van der Waals surface area (Å²) in [4.78, 5) is 0. The lowest BCUT2D eigenvalue weighted by Crippen LogP contribution is -2.37. The molecule has 3 atom stereocenters. The van der Waals surface area contributed by atoms with Gasteiger partial charge in [0.15, 0.2) is 0 Å². The molecule has 1 rings (SSSR count). The molecule has 0 radical (unpaired) electrons. The fraction of sp³-hybridized carbons (Fsp3) is 0.867. The first kappa shape index (κ1) is 13.6. The molecule has 1 N–H and O–H groups in total. The van der Waals surface area contributed by atoms with Crippen molar-refractivity contribution in [1.29, 1.82) is 0 Å². The second-order valence-corrected chi connectivity index (χ2v) is 5.15. The third-order valence-corrected chi connectivity index (χ3v) is 3.88. The quantitative estimate of drug-likeness (QED) is 0.551. The summed E-state index contributed by atoms with van der Waals surface area (Å²) in [5.41, 5.74) is 0. The minimum atomic E-state index is 0.299. The Labute approximate surface area is 101 Å². The van der Waals surface area contributed by atoms with Crippen LogP contribution in [0.15, 0.2) is 0 Å². The van der Waals surface area contributed by atoms with Gasteiger partial charge < -0.3 is 5.32 Å². The van der Waals surface area contributed by atoms with Crippen molar-refractivity contribution in [3.8, 4) is 12.3 Å². The van der Waals surface area contributed by atoms with Gasteiger partial charge in [-0.05, 0) is 31.6 Å². The lowest BCUT2D eigenvalue weighted by atomic mass is 9.97. The van der Waals surface area contributed by atoms with Crippen molar-refractivity contribution in [3.63, 3.8) is 0 Å². The van der Waals surface area contributed by atoms with Crippen LogP contribution in [-0.4, -0.2) is 12.1 Å². The monoisotopic (exact) mass is 221 g/mol. The van der Waals surface area contributed by atoms with Crippen LogP contribution in [0, 0.1) is 18.3 Å². The highest BCUT2D eigenvalue weighted by molar-refractivity contribution is 4.99. The van der Waals surface area contributed by atoms with Gasteiger partial charge in [-0.15, -0.1) is 6.42 Å². The maximum Gasteiger partial charge on any atom is 0.0688 e. The third-order valence-electron chi connectivity index (χ3n) is 3.88. The molecule has 16 heavy (non-hydrogen) atoms. The van der Waals surface area contributed by atoms with Crippen molar-refractivity contribution in [2.24, 2.45) is 5.92 Å². The maximum atomic E-state index is 5.56. The first-order valence-corrected chi connectivity index (χ1v) is 7.02. The number of hydrogen-bond donors (Lipinski definition) is 1. The maximum absolute atomic E-state index is 5.56. The Hall–Kier alpha value is -0.480. The molecule has 0 heterocycles. The van der Waals surface area contributed by atoms with E-state index in [9.17, 15) is 0 Å². The van der Waals surface area contributed by atoms with Gasteiger partial charge in [0.2, 0.25) is 0 Å². The van der Waals surface area contributed by atoms with Gasteiger partial charge in [0.25, 0.3) is 0 Å². The van der Waals surface area contributed by atoms with E-state index in [0.717, 1.165) is 12.3 Å². The highest BCUT2D eigenvalue weighted by Gasteiger charge is 2.19. The molecule has 3 unspecified atom stereocenters. The minimum absolute atomic E-state index is 0.299. The summed E-state index contributed by atoms with van der Waals surface area (Å²) in [7, 11) is 0. The summed E-state index contributed by atoms with van der Waals surface area (Å²) in [6, 6.07) is 0.970. The smallest absolute Gasteiger partial charge is 0.0688 e. The molecule has 0 amide bonds. The predicted molar refractivity (Wildman–Crippen MR) is 71.3 cm³/mol. The summed E-state index contributed by atoms with van der Waals surface area (Å²) < 4.78 is 0. The van der Waals surface area contributed by atoms with Gasteiger partial charge in [-0.3, -0.25) is 0 Å².